The molecule has 1 aliphatic heterocycles. The van der Waals surface area contributed by atoms with Crippen molar-refractivity contribution in [2.45, 2.75) is 83.2 Å². The summed E-state index contributed by atoms with van der Waals surface area (Å²) in [7, 11) is 0. The van der Waals surface area contributed by atoms with Crippen LogP contribution in [0.1, 0.15) is 68.9 Å². The second-order valence-corrected chi connectivity index (χ2v) is 12.7. The largest absolute Gasteiger partial charge is 0.371 e. The molecule has 10 nitrogen and oxygen atoms in total. The highest BCUT2D eigenvalue weighted by atomic mass is 16.5. The highest BCUT2D eigenvalue weighted by molar-refractivity contribution is 6.38. The zero-order chi connectivity index (χ0) is 31.4. The Hall–Kier alpha value is -4.31. The number of fused-ring (bicyclic) bond motifs is 1. The Morgan fingerprint density at radius 3 is 2.45 bits per heavy atom. The Labute approximate surface area is 256 Å². The van der Waals surface area contributed by atoms with Crippen molar-refractivity contribution in [1.29, 1.82) is 0 Å². The molecule has 4 atom stereocenters. The first-order valence-electron chi connectivity index (χ1n) is 15.2. The number of ether oxygens (including phenoxy) is 1. The number of rotatable bonds is 10. The van der Waals surface area contributed by atoms with Gasteiger partial charge in [0.25, 0.3) is 11.8 Å². The molecule has 2 aromatic carbocycles. The lowest BCUT2D eigenvalue weighted by Gasteiger charge is -2.26. The first-order chi connectivity index (χ1) is 21.0. The number of aromatic amines is 1. The van der Waals surface area contributed by atoms with E-state index in [0.29, 0.717) is 25.0 Å². The topological polar surface area (TPSA) is 138 Å². The van der Waals surface area contributed by atoms with Crippen molar-refractivity contribution in [2.24, 2.45) is 5.92 Å². The van der Waals surface area contributed by atoms with Gasteiger partial charge >= 0.3 is 0 Å². The second kappa shape index (κ2) is 13.1. The van der Waals surface area contributed by atoms with Gasteiger partial charge in [-0.05, 0) is 57.7 Å². The van der Waals surface area contributed by atoms with Gasteiger partial charge in [0.15, 0.2) is 0 Å². The molecule has 3 N–H and O–H groups in total. The number of nitrogens with one attached hydrogen (secondary N) is 3. The molecule has 3 aromatic rings. The van der Waals surface area contributed by atoms with Crippen LogP contribution in [0.2, 0.25) is 0 Å². The summed E-state index contributed by atoms with van der Waals surface area (Å²) < 4.78 is 6.18. The maximum atomic E-state index is 13.9. The molecule has 10 heteroatoms. The molecule has 1 aromatic heterocycles. The fourth-order valence-electron chi connectivity index (χ4n) is 6.14. The van der Waals surface area contributed by atoms with Crippen LogP contribution in [0.25, 0.3) is 10.9 Å². The summed E-state index contributed by atoms with van der Waals surface area (Å²) in [5, 5.41) is 6.28. The van der Waals surface area contributed by atoms with Gasteiger partial charge in [0, 0.05) is 42.8 Å². The van der Waals surface area contributed by atoms with Gasteiger partial charge in [-0.2, -0.15) is 0 Å². The molecule has 3 amide bonds. The van der Waals surface area contributed by atoms with Crippen LogP contribution in [-0.2, 0) is 30.5 Å². The Morgan fingerprint density at radius 2 is 1.77 bits per heavy atom. The minimum atomic E-state index is -1.21. The maximum Gasteiger partial charge on any atom is 0.289 e. The average molecular weight is 601 g/mol. The van der Waals surface area contributed by atoms with Crippen LogP contribution in [0.15, 0.2) is 60.7 Å². The lowest BCUT2D eigenvalue weighted by Crippen LogP contribution is -2.54. The van der Waals surface area contributed by atoms with Crippen molar-refractivity contribution in [3.63, 3.8) is 0 Å². The SMILES string of the molecule is CC(C)(C)OC1CC(C(=O)NC(CC2CCCC2=O)C(=O)C(=O)NCc2ccccc2)N(C(=O)c2cc3ccccc3[nH]2)C1. The summed E-state index contributed by atoms with van der Waals surface area (Å²) in [4.78, 5) is 71.2. The van der Waals surface area contributed by atoms with E-state index in [1.165, 1.54) is 4.90 Å². The van der Waals surface area contributed by atoms with E-state index in [0.717, 1.165) is 16.5 Å². The van der Waals surface area contributed by atoms with Crippen LogP contribution < -0.4 is 10.6 Å². The summed E-state index contributed by atoms with van der Waals surface area (Å²) in [5.41, 5.74) is 1.45. The number of ketones is 2. The summed E-state index contributed by atoms with van der Waals surface area (Å²) in [5.74, 6) is -2.98. The van der Waals surface area contributed by atoms with E-state index in [-0.39, 0.29) is 37.6 Å². The van der Waals surface area contributed by atoms with Gasteiger partial charge in [0.2, 0.25) is 11.7 Å². The number of amides is 3. The van der Waals surface area contributed by atoms with E-state index in [4.69, 9.17) is 4.74 Å². The number of carbonyl (C=O) groups is 5. The lowest BCUT2D eigenvalue weighted by molar-refractivity contribution is -0.141. The minimum absolute atomic E-state index is 0.0249. The van der Waals surface area contributed by atoms with E-state index in [1.807, 2.05) is 75.4 Å². The molecule has 1 saturated carbocycles. The van der Waals surface area contributed by atoms with Crippen LogP contribution in [0.4, 0.5) is 0 Å². The number of para-hydroxylation sites is 1. The van der Waals surface area contributed by atoms with E-state index < -0.39 is 47.3 Å². The highest BCUT2D eigenvalue weighted by Gasteiger charge is 2.44. The third-order valence-corrected chi connectivity index (χ3v) is 8.21. The average Bonchev–Trinajstić information content (AvgIpc) is 3.73. The molecule has 44 heavy (non-hydrogen) atoms. The first kappa shape index (κ1) is 31.1. The number of Topliss-reactive ketones (excluding diaryl/α,β-unsaturated/α-hetero) is 2. The van der Waals surface area contributed by atoms with E-state index in [9.17, 15) is 24.0 Å². The summed E-state index contributed by atoms with van der Waals surface area (Å²) in [6.45, 7) is 6.05. The fraction of sp³-hybridized carbons (Fsp3) is 0.441. The fourth-order valence-corrected chi connectivity index (χ4v) is 6.14. The molecule has 0 spiro atoms. The number of carbonyl (C=O) groups excluding carboxylic acids is 5. The predicted octanol–water partition coefficient (Wildman–Crippen LogP) is 3.70. The van der Waals surface area contributed by atoms with Crippen molar-refractivity contribution >= 4 is 40.2 Å². The molecular formula is C34H40N4O6. The van der Waals surface area contributed by atoms with Gasteiger partial charge in [-0.25, -0.2) is 0 Å². The zero-order valence-electron chi connectivity index (χ0n) is 25.4. The van der Waals surface area contributed by atoms with E-state index >= 15 is 0 Å². The molecule has 4 unspecified atom stereocenters. The summed E-state index contributed by atoms with van der Waals surface area (Å²) >= 11 is 0. The normalized spacial score (nSPS) is 20.9. The van der Waals surface area contributed by atoms with Crippen LogP contribution in [0.5, 0.6) is 0 Å². The zero-order valence-corrected chi connectivity index (χ0v) is 25.4. The highest BCUT2D eigenvalue weighted by Crippen LogP contribution is 2.29. The molecular weight excluding hydrogens is 560 g/mol. The van der Waals surface area contributed by atoms with Crippen LogP contribution in [0.3, 0.4) is 0 Å². The molecule has 2 aliphatic rings. The van der Waals surface area contributed by atoms with Gasteiger partial charge in [-0.1, -0.05) is 48.5 Å². The quantitative estimate of drug-likeness (QED) is 0.304. The number of nitrogens with zero attached hydrogens (tertiary/aromatic N) is 1. The number of H-pyrrole nitrogens is 1. The van der Waals surface area contributed by atoms with Crippen LogP contribution >= 0.6 is 0 Å². The summed E-state index contributed by atoms with van der Waals surface area (Å²) in [6.07, 6.45) is 1.56. The Kier molecular flexibility index (Phi) is 9.29. The van der Waals surface area contributed by atoms with Gasteiger partial charge in [-0.3, -0.25) is 24.0 Å². The molecule has 2 fully saturated rings. The molecule has 2 heterocycles. The maximum absolute atomic E-state index is 13.9. The van der Waals surface area contributed by atoms with E-state index in [2.05, 4.69) is 15.6 Å². The Morgan fingerprint density at radius 1 is 1.05 bits per heavy atom. The van der Waals surface area contributed by atoms with Crippen LogP contribution in [-0.4, -0.2) is 69.5 Å². The predicted molar refractivity (Wildman–Crippen MR) is 165 cm³/mol. The number of hydrogen-bond acceptors (Lipinski definition) is 6. The number of benzene rings is 2. The van der Waals surface area contributed by atoms with E-state index in [1.54, 1.807) is 6.07 Å². The summed E-state index contributed by atoms with van der Waals surface area (Å²) in [6, 6.07) is 16.3. The number of hydrogen-bond donors (Lipinski definition) is 3. The molecule has 232 valence electrons. The van der Waals surface area contributed by atoms with Gasteiger partial charge in [-0.15, -0.1) is 0 Å². The van der Waals surface area contributed by atoms with Crippen molar-refractivity contribution in [3.05, 3.63) is 71.9 Å². The third kappa shape index (κ3) is 7.42. The molecule has 0 radical (unpaired) electrons. The Bertz CT molecular complexity index is 1510. The minimum Gasteiger partial charge on any atom is -0.371 e. The van der Waals surface area contributed by atoms with Crippen molar-refractivity contribution in [2.75, 3.05) is 6.54 Å². The van der Waals surface area contributed by atoms with Crippen LogP contribution in [0, 0.1) is 5.92 Å². The van der Waals surface area contributed by atoms with Crippen molar-refractivity contribution in [3.8, 4) is 0 Å². The van der Waals surface area contributed by atoms with Crippen molar-refractivity contribution < 1.29 is 28.7 Å². The number of likely N-dealkylation sites (tertiary alicyclic amines) is 1. The molecule has 1 aliphatic carbocycles. The lowest BCUT2D eigenvalue weighted by atomic mass is 9.94. The van der Waals surface area contributed by atoms with Gasteiger partial charge < -0.3 is 25.3 Å². The first-order valence-corrected chi connectivity index (χ1v) is 15.2. The number of aromatic nitrogens is 1. The standard InChI is InChI=1S/C34H40N4O6/c1-34(2,3)44-24-18-28(38(20-24)33(43)27-16-22-12-7-8-14-25(22)36-27)31(41)37-26(17-23-13-9-15-29(23)39)30(40)32(42)35-19-21-10-5-4-6-11-21/h4-8,10-12,14,16,23-24,26,28,36H,9,13,15,17-20H2,1-3H3,(H,35,42)(H,37,41). The third-order valence-electron chi connectivity index (χ3n) is 8.21. The smallest absolute Gasteiger partial charge is 0.289 e. The Balaban J connectivity index is 1.36. The van der Waals surface area contributed by atoms with Gasteiger partial charge in [0.1, 0.15) is 17.5 Å². The second-order valence-electron chi connectivity index (χ2n) is 12.7. The van der Waals surface area contributed by atoms with Crippen molar-refractivity contribution in [1.82, 2.24) is 20.5 Å². The van der Waals surface area contributed by atoms with Gasteiger partial charge in [0.05, 0.1) is 17.7 Å². The molecule has 0 bridgehead atoms. The molecule has 5 rings (SSSR count). The molecule has 1 saturated heterocycles. The monoisotopic (exact) mass is 600 g/mol.